The van der Waals surface area contributed by atoms with Gasteiger partial charge >= 0.3 is 0 Å². The third-order valence-corrected chi connectivity index (χ3v) is 5.84. The summed E-state index contributed by atoms with van der Waals surface area (Å²) < 4.78 is 3.88. The van der Waals surface area contributed by atoms with Crippen molar-refractivity contribution in [3.8, 4) is 5.95 Å². The maximum Gasteiger partial charge on any atom is 0.233 e. The van der Waals surface area contributed by atoms with Crippen LogP contribution in [0.25, 0.3) is 17.1 Å². The van der Waals surface area contributed by atoms with Crippen LogP contribution in [0.1, 0.15) is 63.9 Å². The Morgan fingerprint density at radius 2 is 1.64 bits per heavy atom. The summed E-state index contributed by atoms with van der Waals surface area (Å²) >= 11 is 0. The van der Waals surface area contributed by atoms with Crippen LogP contribution in [0.15, 0.2) is 48.8 Å². The SMILES string of the molecule is CCCCCCCCCCn1c(-n2cccn2)nc2c(N)nc(NCc3ccccc3)nc21. The maximum atomic E-state index is 6.30. The number of aromatic nitrogens is 6. The van der Waals surface area contributed by atoms with Crippen molar-refractivity contribution in [3.05, 3.63) is 54.4 Å². The number of nitrogens with zero attached hydrogens (tertiary/aromatic N) is 6. The summed E-state index contributed by atoms with van der Waals surface area (Å²) in [6, 6.07) is 12.1. The number of anilines is 2. The summed E-state index contributed by atoms with van der Waals surface area (Å²) in [6.45, 7) is 3.70. The van der Waals surface area contributed by atoms with Crippen molar-refractivity contribution >= 4 is 22.9 Å². The van der Waals surface area contributed by atoms with Gasteiger partial charge in [-0.05, 0) is 18.1 Å². The molecule has 1 aromatic carbocycles. The van der Waals surface area contributed by atoms with Gasteiger partial charge in [0.05, 0.1) is 0 Å². The number of hydrogen-bond donors (Lipinski definition) is 2. The molecule has 174 valence electrons. The van der Waals surface area contributed by atoms with Crippen LogP contribution in [0.4, 0.5) is 11.8 Å². The third kappa shape index (κ3) is 5.88. The van der Waals surface area contributed by atoms with Crippen molar-refractivity contribution in [2.75, 3.05) is 11.1 Å². The normalized spacial score (nSPS) is 11.3. The van der Waals surface area contributed by atoms with Gasteiger partial charge in [0.25, 0.3) is 0 Å². The van der Waals surface area contributed by atoms with Gasteiger partial charge in [0.2, 0.25) is 11.9 Å². The van der Waals surface area contributed by atoms with Crippen LogP contribution in [0, 0.1) is 0 Å². The lowest BCUT2D eigenvalue weighted by atomic mass is 10.1. The molecule has 0 fully saturated rings. The van der Waals surface area contributed by atoms with E-state index in [0.717, 1.165) is 30.1 Å². The Bertz CT molecular complexity index is 1120. The van der Waals surface area contributed by atoms with Crippen LogP contribution in [0.5, 0.6) is 0 Å². The summed E-state index contributed by atoms with van der Waals surface area (Å²) in [5.41, 5.74) is 8.81. The predicted octanol–water partition coefficient (Wildman–Crippen LogP) is 5.35. The molecule has 3 aromatic heterocycles. The Balaban J connectivity index is 1.51. The van der Waals surface area contributed by atoms with Gasteiger partial charge in [-0.1, -0.05) is 82.2 Å². The van der Waals surface area contributed by atoms with Gasteiger partial charge in [-0.15, -0.1) is 0 Å². The standard InChI is InChI=1S/C25H34N8/c1-2-3-4-5-6-7-8-12-17-32-23-21(29-25(32)33-18-13-16-28-33)22(26)30-24(31-23)27-19-20-14-10-9-11-15-20/h9-11,13-16,18H,2-8,12,17,19H2,1H3,(H3,26,27,30,31). The molecule has 0 saturated heterocycles. The van der Waals surface area contributed by atoms with E-state index in [9.17, 15) is 0 Å². The lowest BCUT2D eigenvalue weighted by Crippen LogP contribution is -2.10. The Kier molecular flexibility index (Phi) is 7.90. The summed E-state index contributed by atoms with van der Waals surface area (Å²) in [6.07, 6.45) is 13.8. The molecule has 0 amide bonds. The Labute approximate surface area is 195 Å². The molecule has 0 bridgehead atoms. The number of nitrogens with two attached hydrogens (primary N) is 1. The second-order valence-electron chi connectivity index (χ2n) is 8.43. The first-order valence-corrected chi connectivity index (χ1v) is 12.1. The number of nitrogen functional groups attached to an aromatic ring is 1. The van der Waals surface area contributed by atoms with Crippen LogP contribution in [0.3, 0.4) is 0 Å². The maximum absolute atomic E-state index is 6.30. The van der Waals surface area contributed by atoms with Crippen LogP contribution in [-0.2, 0) is 13.1 Å². The number of aryl methyl sites for hydroxylation is 1. The van der Waals surface area contributed by atoms with Gasteiger partial charge in [0, 0.05) is 25.5 Å². The topological polar surface area (TPSA) is 99.5 Å². The van der Waals surface area contributed by atoms with Gasteiger partial charge in [0.15, 0.2) is 17.0 Å². The van der Waals surface area contributed by atoms with E-state index in [1.54, 1.807) is 10.9 Å². The molecule has 0 spiro atoms. The number of rotatable bonds is 13. The second kappa shape index (κ2) is 11.4. The molecule has 0 atom stereocenters. The molecule has 3 heterocycles. The van der Waals surface area contributed by atoms with Gasteiger partial charge in [-0.25, -0.2) is 9.67 Å². The largest absolute Gasteiger partial charge is 0.382 e. The van der Waals surface area contributed by atoms with Crippen molar-refractivity contribution in [1.82, 2.24) is 29.3 Å². The second-order valence-corrected chi connectivity index (χ2v) is 8.43. The number of hydrogen-bond acceptors (Lipinski definition) is 6. The van der Waals surface area contributed by atoms with E-state index in [1.165, 1.54) is 44.9 Å². The van der Waals surface area contributed by atoms with Crippen molar-refractivity contribution in [2.45, 2.75) is 71.4 Å². The average Bonchev–Trinajstić information content (AvgIpc) is 3.49. The fourth-order valence-corrected chi connectivity index (χ4v) is 4.04. The molecule has 4 aromatic rings. The van der Waals surface area contributed by atoms with E-state index in [4.69, 9.17) is 15.7 Å². The van der Waals surface area contributed by atoms with E-state index in [-0.39, 0.29) is 0 Å². The molecule has 0 unspecified atom stereocenters. The summed E-state index contributed by atoms with van der Waals surface area (Å²) in [5, 5.41) is 7.69. The van der Waals surface area contributed by atoms with E-state index in [0.29, 0.717) is 23.8 Å². The highest BCUT2D eigenvalue weighted by atomic mass is 15.4. The Hall–Kier alpha value is -3.42. The smallest absolute Gasteiger partial charge is 0.233 e. The highest BCUT2D eigenvalue weighted by Crippen LogP contribution is 2.24. The zero-order chi connectivity index (χ0) is 22.9. The summed E-state index contributed by atoms with van der Waals surface area (Å²) in [5.74, 6) is 1.60. The first-order chi connectivity index (χ1) is 16.3. The molecule has 3 N–H and O–H groups in total. The quantitative estimate of drug-likeness (QED) is 0.269. The molecular formula is C25H34N8. The first kappa shape index (κ1) is 22.8. The Morgan fingerprint density at radius 3 is 2.36 bits per heavy atom. The van der Waals surface area contributed by atoms with Crippen molar-refractivity contribution in [2.24, 2.45) is 0 Å². The zero-order valence-electron chi connectivity index (χ0n) is 19.5. The lowest BCUT2D eigenvalue weighted by Gasteiger charge is -2.10. The number of nitrogens with one attached hydrogen (secondary N) is 1. The molecular weight excluding hydrogens is 412 g/mol. The molecule has 0 aliphatic heterocycles. The van der Waals surface area contributed by atoms with Crippen LogP contribution < -0.4 is 11.1 Å². The average molecular weight is 447 g/mol. The molecule has 8 nitrogen and oxygen atoms in total. The molecule has 8 heteroatoms. The molecule has 33 heavy (non-hydrogen) atoms. The number of imidazole rings is 1. The van der Waals surface area contributed by atoms with Crippen molar-refractivity contribution in [1.29, 1.82) is 0 Å². The van der Waals surface area contributed by atoms with E-state index in [1.807, 2.05) is 30.5 Å². The van der Waals surface area contributed by atoms with Crippen molar-refractivity contribution < 1.29 is 0 Å². The molecule has 0 saturated carbocycles. The lowest BCUT2D eigenvalue weighted by molar-refractivity contribution is 0.541. The monoisotopic (exact) mass is 446 g/mol. The number of fused-ring (bicyclic) bond motifs is 1. The summed E-state index contributed by atoms with van der Waals surface area (Å²) in [7, 11) is 0. The molecule has 4 rings (SSSR count). The predicted molar refractivity (Wildman–Crippen MR) is 133 cm³/mol. The van der Waals surface area contributed by atoms with E-state index < -0.39 is 0 Å². The summed E-state index contributed by atoms with van der Waals surface area (Å²) in [4.78, 5) is 14.0. The zero-order valence-corrected chi connectivity index (χ0v) is 19.5. The van der Waals surface area contributed by atoms with Gasteiger partial charge < -0.3 is 11.1 Å². The minimum atomic E-state index is 0.374. The molecule has 0 aliphatic carbocycles. The van der Waals surface area contributed by atoms with Gasteiger partial charge in [-0.3, -0.25) is 4.57 Å². The van der Waals surface area contributed by atoms with Crippen molar-refractivity contribution in [3.63, 3.8) is 0 Å². The minimum Gasteiger partial charge on any atom is -0.382 e. The first-order valence-electron chi connectivity index (χ1n) is 12.1. The fraction of sp³-hybridized carbons (Fsp3) is 0.440. The van der Waals surface area contributed by atoms with Gasteiger partial charge in [-0.2, -0.15) is 15.1 Å². The molecule has 0 radical (unpaired) electrons. The van der Waals surface area contributed by atoms with Crippen LogP contribution in [-0.4, -0.2) is 29.3 Å². The van der Waals surface area contributed by atoms with Crippen LogP contribution >= 0.6 is 0 Å². The highest BCUT2D eigenvalue weighted by Gasteiger charge is 2.18. The fourth-order valence-electron chi connectivity index (χ4n) is 4.04. The Morgan fingerprint density at radius 1 is 0.879 bits per heavy atom. The highest BCUT2D eigenvalue weighted by molar-refractivity contribution is 5.84. The van der Waals surface area contributed by atoms with Crippen LogP contribution in [0.2, 0.25) is 0 Å². The minimum absolute atomic E-state index is 0.374. The third-order valence-electron chi connectivity index (χ3n) is 5.84. The van der Waals surface area contributed by atoms with E-state index in [2.05, 4.69) is 39.0 Å². The van der Waals surface area contributed by atoms with Gasteiger partial charge in [0.1, 0.15) is 0 Å². The molecule has 0 aliphatic rings. The van der Waals surface area contributed by atoms with E-state index >= 15 is 0 Å². The number of benzene rings is 1. The number of unbranched alkanes of at least 4 members (excludes halogenated alkanes) is 7.